The number of benzene rings is 1. The molecular formula is C14H18N2O5S. The largest absolute Gasteiger partial charge is 0.449 e. The Bertz CT molecular complexity index is 603. The van der Waals surface area contributed by atoms with Gasteiger partial charge in [0.25, 0.3) is 5.91 Å². The van der Waals surface area contributed by atoms with Gasteiger partial charge in [0.2, 0.25) is 0 Å². The van der Waals surface area contributed by atoms with Gasteiger partial charge >= 0.3 is 12.0 Å². The van der Waals surface area contributed by atoms with Crippen LogP contribution in [-0.2, 0) is 20.3 Å². The molecule has 120 valence electrons. The molecule has 0 spiro atoms. The van der Waals surface area contributed by atoms with Gasteiger partial charge < -0.3 is 10.1 Å². The molecule has 0 radical (unpaired) electrons. The van der Waals surface area contributed by atoms with Crippen molar-refractivity contribution in [1.29, 1.82) is 0 Å². The van der Waals surface area contributed by atoms with Crippen molar-refractivity contribution in [2.24, 2.45) is 0 Å². The van der Waals surface area contributed by atoms with E-state index in [1.807, 2.05) is 5.32 Å². The van der Waals surface area contributed by atoms with Crippen LogP contribution in [0.5, 0.6) is 0 Å². The predicted octanol–water partition coefficient (Wildman–Crippen LogP) is 0.815. The van der Waals surface area contributed by atoms with E-state index in [0.29, 0.717) is 10.6 Å². The summed E-state index contributed by atoms with van der Waals surface area (Å²) in [5, 5.41) is 4.22. The Balaban J connectivity index is 2.83. The third kappa shape index (κ3) is 4.66. The van der Waals surface area contributed by atoms with Crippen LogP contribution in [0.15, 0.2) is 29.2 Å². The van der Waals surface area contributed by atoms with Gasteiger partial charge in [-0.2, -0.15) is 0 Å². The van der Waals surface area contributed by atoms with Crippen LogP contribution < -0.4 is 10.6 Å². The highest BCUT2D eigenvalue weighted by molar-refractivity contribution is 7.85. The van der Waals surface area contributed by atoms with Crippen LogP contribution in [0.3, 0.4) is 0 Å². The highest BCUT2D eigenvalue weighted by Gasteiger charge is 2.23. The van der Waals surface area contributed by atoms with Gasteiger partial charge in [-0.15, -0.1) is 0 Å². The second-order valence-electron chi connectivity index (χ2n) is 4.25. The minimum Gasteiger partial charge on any atom is -0.449 e. The number of amides is 3. The minimum absolute atomic E-state index is 0.141. The van der Waals surface area contributed by atoms with Gasteiger partial charge in [0.1, 0.15) is 0 Å². The van der Waals surface area contributed by atoms with E-state index in [9.17, 15) is 18.6 Å². The Morgan fingerprint density at radius 1 is 1.27 bits per heavy atom. The van der Waals surface area contributed by atoms with Crippen molar-refractivity contribution in [3.8, 4) is 0 Å². The third-order valence-electron chi connectivity index (χ3n) is 2.73. The molecule has 0 aliphatic heterocycles. The molecule has 2 N–H and O–H groups in total. The van der Waals surface area contributed by atoms with Gasteiger partial charge in [-0.3, -0.25) is 14.3 Å². The van der Waals surface area contributed by atoms with Gasteiger partial charge in [0.05, 0.1) is 21.3 Å². The van der Waals surface area contributed by atoms with Gasteiger partial charge in [-0.05, 0) is 19.1 Å². The molecule has 2 atom stereocenters. The molecule has 0 fully saturated rings. The number of hydrogen-bond acceptors (Lipinski definition) is 5. The number of esters is 1. The number of rotatable bonds is 5. The minimum atomic E-state index is -1.32. The van der Waals surface area contributed by atoms with Crippen LogP contribution in [0.1, 0.15) is 24.2 Å². The molecule has 22 heavy (non-hydrogen) atoms. The van der Waals surface area contributed by atoms with E-state index in [2.05, 4.69) is 5.32 Å². The maximum absolute atomic E-state index is 12.1. The first-order chi connectivity index (χ1) is 10.4. The van der Waals surface area contributed by atoms with E-state index >= 15 is 0 Å². The Morgan fingerprint density at radius 2 is 1.91 bits per heavy atom. The Kier molecular flexibility index (Phi) is 6.71. The number of ether oxygens (including phenoxy) is 1. The van der Waals surface area contributed by atoms with E-state index in [4.69, 9.17) is 4.74 Å². The molecule has 1 rings (SSSR count). The molecule has 1 aromatic rings. The molecule has 0 saturated carbocycles. The van der Waals surface area contributed by atoms with E-state index in [-0.39, 0.29) is 5.56 Å². The van der Waals surface area contributed by atoms with E-state index in [0.717, 1.165) is 0 Å². The van der Waals surface area contributed by atoms with Crippen LogP contribution in [0.4, 0.5) is 4.79 Å². The summed E-state index contributed by atoms with van der Waals surface area (Å²) < 4.78 is 16.9. The Morgan fingerprint density at radius 3 is 2.50 bits per heavy atom. The lowest BCUT2D eigenvalue weighted by molar-refractivity contribution is -0.127. The quantitative estimate of drug-likeness (QED) is 0.780. The van der Waals surface area contributed by atoms with Crippen LogP contribution >= 0.6 is 0 Å². The zero-order valence-corrected chi connectivity index (χ0v) is 13.4. The van der Waals surface area contributed by atoms with Crippen molar-refractivity contribution in [3.63, 3.8) is 0 Å². The number of carbonyl (C=O) groups excluding carboxylic acids is 3. The highest BCUT2D eigenvalue weighted by Crippen LogP contribution is 2.15. The van der Waals surface area contributed by atoms with Crippen LogP contribution in [0.2, 0.25) is 0 Å². The second kappa shape index (κ2) is 8.28. The smallest absolute Gasteiger partial charge is 0.340 e. The Hall–Kier alpha value is -2.22. The molecule has 8 heteroatoms. The van der Waals surface area contributed by atoms with Crippen molar-refractivity contribution in [2.45, 2.75) is 24.8 Å². The fourth-order valence-corrected chi connectivity index (χ4v) is 2.48. The molecule has 7 nitrogen and oxygen atoms in total. The van der Waals surface area contributed by atoms with Crippen molar-refractivity contribution in [1.82, 2.24) is 10.6 Å². The van der Waals surface area contributed by atoms with Gasteiger partial charge in [-0.1, -0.05) is 19.1 Å². The number of imide groups is 1. The summed E-state index contributed by atoms with van der Waals surface area (Å²) in [6.07, 6.45) is -1.16. The van der Waals surface area contributed by atoms with Gasteiger partial charge in [0, 0.05) is 12.8 Å². The average Bonchev–Trinajstić information content (AvgIpc) is 2.53. The van der Waals surface area contributed by atoms with Crippen molar-refractivity contribution in [3.05, 3.63) is 29.8 Å². The molecule has 1 aromatic carbocycles. The fourth-order valence-electron chi connectivity index (χ4n) is 1.54. The molecule has 0 saturated heterocycles. The first kappa shape index (κ1) is 17.8. The lowest BCUT2D eigenvalue weighted by atomic mass is 10.2. The van der Waals surface area contributed by atoms with Crippen LogP contribution in [-0.4, -0.2) is 41.0 Å². The van der Waals surface area contributed by atoms with Crippen molar-refractivity contribution >= 4 is 28.7 Å². The number of carbonyl (C=O) groups is 3. The van der Waals surface area contributed by atoms with E-state index < -0.39 is 34.8 Å². The summed E-state index contributed by atoms with van der Waals surface area (Å²) in [5.41, 5.74) is 0.141. The zero-order valence-electron chi connectivity index (χ0n) is 12.5. The number of hydrogen-bond donors (Lipinski definition) is 2. The molecule has 0 unspecified atom stereocenters. The zero-order chi connectivity index (χ0) is 16.7. The monoisotopic (exact) mass is 326 g/mol. The van der Waals surface area contributed by atoms with Gasteiger partial charge in [-0.25, -0.2) is 9.59 Å². The Labute approximate surface area is 130 Å². The first-order valence-corrected chi connectivity index (χ1v) is 7.93. The molecule has 3 amide bonds. The summed E-state index contributed by atoms with van der Waals surface area (Å²) in [6, 6.07) is 5.64. The van der Waals surface area contributed by atoms with Gasteiger partial charge in [0.15, 0.2) is 6.10 Å². The molecule has 0 bridgehead atoms. The first-order valence-electron chi connectivity index (χ1n) is 6.61. The summed E-state index contributed by atoms with van der Waals surface area (Å²) in [4.78, 5) is 35.2. The lowest BCUT2D eigenvalue weighted by Crippen LogP contribution is -2.43. The van der Waals surface area contributed by atoms with Crippen LogP contribution in [0.25, 0.3) is 0 Å². The molecule has 0 aromatic heterocycles. The normalized spacial score (nSPS) is 12.9. The summed E-state index contributed by atoms with van der Waals surface area (Å²) in [7, 11) is 0.0327. The maximum Gasteiger partial charge on any atom is 0.340 e. The second-order valence-corrected chi connectivity index (χ2v) is 5.95. The number of urea groups is 1. The van der Waals surface area contributed by atoms with E-state index in [1.165, 1.54) is 20.0 Å². The van der Waals surface area contributed by atoms with E-state index in [1.54, 1.807) is 25.1 Å². The van der Waals surface area contributed by atoms with Crippen molar-refractivity contribution in [2.75, 3.05) is 12.8 Å². The summed E-state index contributed by atoms with van der Waals surface area (Å²) in [5.74, 6) is -1.16. The standard InChI is InChI=1S/C14H18N2O5S/c1-4-22(20)11-8-6-5-7-10(11)13(18)21-9(2)12(17)16-14(19)15-3/h5-9H,4H2,1-3H3,(H2,15,16,17,19)/t9-,22+/m0/s1. The SMILES string of the molecule is CC[S@@](=O)c1ccccc1C(=O)O[C@@H](C)C(=O)NC(=O)NC. The van der Waals surface area contributed by atoms with Crippen molar-refractivity contribution < 1.29 is 23.3 Å². The molecule has 0 aliphatic carbocycles. The fraction of sp³-hybridized carbons (Fsp3) is 0.357. The molecule has 0 heterocycles. The predicted molar refractivity (Wildman–Crippen MR) is 80.9 cm³/mol. The molecule has 0 aliphatic rings. The maximum atomic E-state index is 12.1. The summed E-state index contributed by atoms with van der Waals surface area (Å²) >= 11 is 0. The average molecular weight is 326 g/mol. The highest BCUT2D eigenvalue weighted by atomic mass is 32.2. The summed E-state index contributed by atoms with van der Waals surface area (Å²) in [6.45, 7) is 3.08. The van der Waals surface area contributed by atoms with Crippen LogP contribution in [0, 0.1) is 0 Å². The lowest BCUT2D eigenvalue weighted by Gasteiger charge is -2.14. The topological polar surface area (TPSA) is 102 Å². The number of nitrogens with one attached hydrogen (secondary N) is 2. The third-order valence-corrected chi connectivity index (χ3v) is 4.10. The molecular weight excluding hydrogens is 308 g/mol.